The summed E-state index contributed by atoms with van der Waals surface area (Å²) in [5.41, 5.74) is 22.2. The van der Waals surface area contributed by atoms with Crippen molar-refractivity contribution in [2.75, 3.05) is 0 Å². The van der Waals surface area contributed by atoms with E-state index in [-0.39, 0.29) is 0 Å². The monoisotopic (exact) mass is 1410 g/mol. The number of rotatable bonds is 1. The van der Waals surface area contributed by atoms with Gasteiger partial charge in [-0.25, -0.2) is 49.9 Å². The highest BCUT2D eigenvalue weighted by molar-refractivity contribution is 7.25. The molecule has 0 spiro atoms. The fourth-order valence-corrected chi connectivity index (χ4v) is 18.1. The molecule has 20 heteroatoms. The summed E-state index contributed by atoms with van der Waals surface area (Å²) in [6, 6.07) is 69.3. The largest absolute Gasteiger partial charge is 0.419 e. The van der Waals surface area contributed by atoms with Gasteiger partial charge in [-0.3, -0.25) is 29.5 Å². The van der Waals surface area contributed by atoms with Gasteiger partial charge in [0.2, 0.25) is 27.8 Å². The molecule has 4 aromatic carbocycles. The minimum Gasteiger partial charge on any atom is -0.419 e. The second-order valence-electron chi connectivity index (χ2n) is 27.0. The lowest BCUT2D eigenvalue weighted by Crippen LogP contribution is -2.33. The van der Waals surface area contributed by atoms with Crippen molar-refractivity contribution in [3.05, 3.63) is 284 Å². The number of aryl methyl sites for hydroxylation is 5. The van der Waals surface area contributed by atoms with Crippen LogP contribution in [0.3, 0.4) is 0 Å². The number of nitrogens with zero attached hydrogens (tertiary/aromatic N) is 18. The van der Waals surface area contributed by atoms with Crippen LogP contribution in [-0.4, -0.2) is 61.1 Å². The lowest BCUT2D eigenvalue weighted by atomic mass is 10.2. The quantitative estimate of drug-likeness (QED) is 0.150. The fraction of sp³-hybridized carbons (Fsp3) is 0.116. The van der Waals surface area contributed by atoms with Crippen LogP contribution in [0.5, 0.6) is 0 Å². The zero-order valence-corrected chi connectivity index (χ0v) is 57.5. The van der Waals surface area contributed by atoms with E-state index in [9.17, 15) is 0 Å². The molecule has 0 aliphatic carbocycles. The van der Waals surface area contributed by atoms with Gasteiger partial charge in [0, 0.05) is 53.2 Å². The summed E-state index contributed by atoms with van der Waals surface area (Å²) in [6.07, 6.45) is 12.9. The van der Waals surface area contributed by atoms with Crippen LogP contribution in [0.4, 0.5) is 0 Å². The van der Waals surface area contributed by atoms with Gasteiger partial charge in [-0.1, -0.05) is 78.1 Å². The molecule has 0 atom stereocenters. The van der Waals surface area contributed by atoms with E-state index in [1.54, 1.807) is 36.1 Å². The first-order valence-corrected chi connectivity index (χ1v) is 35.7. The first-order valence-electron chi connectivity index (χ1n) is 40.9. The van der Waals surface area contributed by atoms with E-state index in [0.29, 0.717) is 66.1 Å². The Labute approximate surface area is 625 Å². The van der Waals surface area contributed by atoms with Crippen LogP contribution in [-0.2, 0) is 67.7 Å². The lowest BCUT2D eigenvalue weighted by molar-refractivity contribution is -0.652. The van der Waals surface area contributed by atoms with E-state index < -0.39 is 27.9 Å². The number of thiophene rings is 1. The van der Waals surface area contributed by atoms with Crippen molar-refractivity contribution in [2.45, 2.75) is 32.7 Å². The molecule has 19 nitrogen and oxygen atoms in total. The molecule has 0 fully saturated rings. The van der Waals surface area contributed by atoms with Crippen LogP contribution in [0.1, 0.15) is 44.9 Å². The van der Waals surface area contributed by atoms with E-state index in [4.69, 9.17) is 20.9 Å². The Bertz CT molecular complexity index is 7370. The SMILES string of the molecule is C[n+]1c2n(c3cc4ccccn4c31)Cc1ncccc1-2.[2H]C([2H])([2H])[n+]1c2n(c3cc4ccccn4c31)Cc1ncccc1-2.[2H]C([2H])([2H])n1c2[n+](c3c1c1ccccc1n3-c1ccccc1)Cc1ncccc1-2.[2H]C([2H])([2H])n1c2[n+](c3oc4ccccc4c31)Cc1ncccc1-2.[2H]C([2H])([2H])n1c2[n+](c3sc4ccccc4c31)Cc1ncccc1-2. The van der Waals surface area contributed by atoms with Crippen molar-refractivity contribution in [1.29, 1.82) is 0 Å². The number of aromatic nitrogens is 18. The summed E-state index contributed by atoms with van der Waals surface area (Å²) >= 11 is 1.64. The summed E-state index contributed by atoms with van der Waals surface area (Å²) in [7, 11) is 2.13. The van der Waals surface area contributed by atoms with Crippen LogP contribution in [0.25, 0.3) is 161 Å². The second-order valence-corrected chi connectivity index (χ2v) is 28.0. The third-order valence-corrected chi connectivity index (χ3v) is 22.6. The highest BCUT2D eigenvalue weighted by atomic mass is 32.1. The number of pyridine rings is 7. The third-order valence-electron chi connectivity index (χ3n) is 21.4. The van der Waals surface area contributed by atoms with Crippen LogP contribution < -0.4 is 22.8 Å². The first kappa shape index (κ1) is 49.2. The van der Waals surface area contributed by atoms with E-state index in [1.165, 1.54) is 46.3 Å². The molecular weight excluding hydrogens is 1330 g/mol. The maximum atomic E-state index is 8.32. The zero-order valence-electron chi connectivity index (χ0n) is 68.7. The van der Waals surface area contributed by atoms with Gasteiger partial charge in [0.15, 0.2) is 22.1 Å². The second kappa shape index (κ2) is 22.8. The fourth-order valence-electron chi connectivity index (χ4n) is 16.9. The standard InChI is InChI=1S/C22H17N4.2C16H13N4.C16H12N3O.C16H12N3S/c1-24-20-17-10-5-6-12-19(17)26(15-8-3-2-4-9-15)22(20)25-14-18-16(21(24)25)11-7-13-23-18;2*1-18-15-12-6-4-7-17-13(12)10-20(15)14-9-11-5-2-3-8-19(11)16(14)18;2*1-18-14-11-5-2-3-7-13(11)20-16(14)19-9-12-10(15(18)19)6-4-8-17-12/h2-13H,14H2,1H3;2*2-9H,10H2,1H3;2*2-8H,9H2,1H3/q5*+1/i2*1D3;;2*1D3. The highest BCUT2D eigenvalue weighted by Gasteiger charge is 2.41. The van der Waals surface area contributed by atoms with Gasteiger partial charge < -0.3 is 4.42 Å². The van der Waals surface area contributed by atoms with Crippen LogP contribution in [0.15, 0.2) is 260 Å². The molecule has 26 rings (SSSR count). The first-order chi connectivity index (χ1) is 57.1. The summed E-state index contributed by atoms with van der Waals surface area (Å²) in [5.74, 6) is 4.01. The molecule has 17 aromatic heterocycles. The summed E-state index contributed by atoms with van der Waals surface area (Å²) in [6.45, 7) is -5.97. The molecule has 508 valence electrons. The zero-order chi connectivity index (χ0) is 80.3. The van der Waals surface area contributed by atoms with Gasteiger partial charge in [-0.05, 0) is 133 Å². The molecule has 5 aliphatic heterocycles. The maximum Gasteiger partial charge on any atom is 0.339 e. The minimum absolute atomic E-state index is 0.519. The molecule has 106 heavy (non-hydrogen) atoms. The number of furan rings is 1. The van der Waals surface area contributed by atoms with Crippen LogP contribution in [0, 0.1) is 0 Å². The topological polar surface area (TPSA) is 135 Å². The Kier molecular flexibility index (Phi) is 10.6. The minimum atomic E-state index is -2.32. The summed E-state index contributed by atoms with van der Waals surface area (Å²) < 4.78 is 129. The Morgan fingerprint density at radius 3 is 1.51 bits per heavy atom. The van der Waals surface area contributed by atoms with Gasteiger partial charge >= 0.3 is 5.71 Å². The molecule has 0 saturated heterocycles. The molecule has 22 heterocycles. The van der Waals surface area contributed by atoms with Crippen molar-refractivity contribution in [2.24, 2.45) is 35.0 Å². The Morgan fingerprint density at radius 1 is 0.406 bits per heavy atom. The molecule has 0 N–H and O–H groups in total. The third kappa shape index (κ3) is 8.48. The number of para-hydroxylation sites is 3. The molecule has 21 aromatic rings. The van der Waals surface area contributed by atoms with Gasteiger partial charge in [0.1, 0.15) is 60.5 Å². The molecule has 0 radical (unpaired) electrons. The number of fused-ring (bicyclic) bond motifs is 35. The van der Waals surface area contributed by atoms with Crippen LogP contribution >= 0.6 is 11.3 Å². The average Bonchev–Trinajstić information content (AvgIpc) is 1.54. The molecule has 5 aliphatic rings. The van der Waals surface area contributed by atoms with Crippen molar-refractivity contribution >= 4 is 109 Å². The van der Waals surface area contributed by atoms with E-state index in [2.05, 4.69) is 95.7 Å². The van der Waals surface area contributed by atoms with E-state index in [0.717, 1.165) is 128 Å². The van der Waals surface area contributed by atoms with Crippen molar-refractivity contribution in [1.82, 2.24) is 61.1 Å². The average molecular weight is 1410 g/mol. The highest BCUT2D eigenvalue weighted by Crippen LogP contribution is 2.41. The van der Waals surface area contributed by atoms with Gasteiger partial charge in [0.25, 0.3) is 28.6 Å². The number of imidazole rings is 5. The Hall–Kier alpha value is -13.5. The van der Waals surface area contributed by atoms with Gasteiger partial charge in [-0.2, -0.15) is 4.57 Å². The number of hydrogen-bond donors (Lipinski definition) is 0. The molecule has 0 amide bonds. The predicted molar refractivity (Wildman–Crippen MR) is 411 cm³/mol. The van der Waals surface area contributed by atoms with E-state index in [1.807, 2.05) is 208 Å². The number of benzene rings is 4. The molecule has 0 unspecified atom stereocenters. The van der Waals surface area contributed by atoms with Crippen molar-refractivity contribution in [3.8, 4) is 62.6 Å². The Morgan fingerprint density at radius 2 is 0.887 bits per heavy atom. The molecule has 0 saturated carbocycles. The summed E-state index contributed by atoms with van der Waals surface area (Å²) in [4.78, 5) is 23.2. The summed E-state index contributed by atoms with van der Waals surface area (Å²) in [5, 5.41) is 2.73. The lowest BCUT2D eigenvalue weighted by Gasteiger charge is -2.03. The van der Waals surface area contributed by atoms with Crippen molar-refractivity contribution in [3.63, 3.8) is 0 Å². The van der Waals surface area contributed by atoms with Gasteiger partial charge in [-0.15, -0.1) is 0 Å². The maximum absolute atomic E-state index is 8.32. The van der Waals surface area contributed by atoms with Crippen LogP contribution in [0.2, 0.25) is 0 Å². The normalized spacial score (nSPS) is 15.1. The predicted octanol–water partition coefficient (Wildman–Crippen LogP) is 13.9. The molecular formula is C86H67N18OS+5. The Balaban J connectivity index is 0.0000000894. The van der Waals surface area contributed by atoms with Gasteiger partial charge in [0.05, 0.1) is 131 Å². The number of hydrogen-bond acceptors (Lipinski definition) is 7. The van der Waals surface area contributed by atoms with E-state index >= 15 is 0 Å². The molecule has 0 bridgehead atoms. The smallest absolute Gasteiger partial charge is 0.339 e. The van der Waals surface area contributed by atoms with Crippen molar-refractivity contribution < 1.29 is 43.7 Å².